The Morgan fingerprint density at radius 2 is 1.68 bits per heavy atom. The lowest BCUT2D eigenvalue weighted by Gasteiger charge is -2.35. The molecule has 2 aliphatic rings. The van der Waals surface area contributed by atoms with E-state index in [0.717, 1.165) is 46.8 Å². The van der Waals surface area contributed by atoms with E-state index >= 15 is 0 Å². The van der Waals surface area contributed by atoms with E-state index in [-0.39, 0.29) is 11.8 Å². The number of anilines is 2. The summed E-state index contributed by atoms with van der Waals surface area (Å²) in [6.07, 6.45) is 2.40. The molecule has 1 aliphatic carbocycles. The predicted molar refractivity (Wildman–Crippen MR) is 124 cm³/mol. The lowest BCUT2D eigenvalue weighted by atomic mass is 9.85. The van der Waals surface area contributed by atoms with E-state index < -0.39 is 0 Å². The highest BCUT2D eigenvalue weighted by Crippen LogP contribution is 2.45. The van der Waals surface area contributed by atoms with Crippen molar-refractivity contribution in [2.24, 2.45) is 0 Å². The third-order valence-electron chi connectivity index (χ3n) is 6.17. The van der Waals surface area contributed by atoms with Crippen LogP contribution in [0.3, 0.4) is 0 Å². The summed E-state index contributed by atoms with van der Waals surface area (Å²) in [6, 6.07) is 26.8. The van der Waals surface area contributed by atoms with Crippen LogP contribution in [-0.2, 0) is 11.3 Å². The molecule has 0 bridgehead atoms. The number of methoxy groups -OCH3 is 1. The second-order valence-electron chi connectivity index (χ2n) is 8.10. The minimum absolute atomic E-state index is 0.137. The molecule has 1 heterocycles. The number of rotatable bonds is 4. The SMILES string of the molecule is COc1ccc(CN2c3ccccc3NC3=C(C(=O)CCC3)C2c2ccccc2)cc1. The summed E-state index contributed by atoms with van der Waals surface area (Å²) in [7, 11) is 1.68. The van der Waals surface area contributed by atoms with Gasteiger partial charge in [-0.15, -0.1) is 0 Å². The molecule has 3 aromatic carbocycles. The van der Waals surface area contributed by atoms with E-state index in [2.05, 4.69) is 64.8 Å². The fourth-order valence-electron chi connectivity index (χ4n) is 4.68. The fourth-order valence-corrected chi connectivity index (χ4v) is 4.68. The van der Waals surface area contributed by atoms with Crippen LogP contribution in [0.1, 0.15) is 36.4 Å². The number of para-hydroxylation sites is 2. The highest BCUT2D eigenvalue weighted by atomic mass is 16.5. The normalized spacial score (nSPS) is 18.0. The zero-order chi connectivity index (χ0) is 21.2. The van der Waals surface area contributed by atoms with E-state index in [1.165, 1.54) is 5.56 Å². The van der Waals surface area contributed by atoms with Crippen LogP contribution in [0.4, 0.5) is 11.4 Å². The maximum absolute atomic E-state index is 13.3. The first-order valence-corrected chi connectivity index (χ1v) is 10.8. The van der Waals surface area contributed by atoms with Gasteiger partial charge in [0.2, 0.25) is 0 Å². The van der Waals surface area contributed by atoms with Gasteiger partial charge in [-0.25, -0.2) is 0 Å². The zero-order valence-corrected chi connectivity index (χ0v) is 17.7. The van der Waals surface area contributed by atoms with Crippen LogP contribution in [0.15, 0.2) is 90.1 Å². The number of nitrogens with one attached hydrogen (secondary N) is 1. The first kappa shape index (κ1) is 19.4. The second kappa shape index (κ2) is 8.31. The molecule has 0 saturated heterocycles. The quantitative estimate of drug-likeness (QED) is 0.584. The molecular formula is C27H26N2O2. The van der Waals surface area contributed by atoms with Gasteiger partial charge >= 0.3 is 0 Å². The van der Waals surface area contributed by atoms with E-state index in [1.54, 1.807) is 7.11 Å². The number of hydrogen-bond donors (Lipinski definition) is 1. The maximum atomic E-state index is 13.3. The predicted octanol–water partition coefficient (Wildman–Crippen LogP) is 5.88. The second-order valence-corrected chi connectivity index (χ2v) is 8.10. The molecule has 5 rings (SSSR count). The third-order valence-corrected chi connectivity index (χ3v) is 6.17. The zero-order valence-electron chi connectivity index (χ0n) is 17.7. The third kappa shape index (κ3) is 3.70. The molecule has 31 heavy (non-hydrogen) atoms. The first-order valence-electron chi connectivity index (χ1n) is 10.8. The number of fused-ring (bicyclic) bond motifs is 1. The van der Waals surface area contributed by atoms with Gasteiger partial charge in [0.25, 0.3) is 0 Å². The van der Waals surface area contributed by atoms with Crippen molar-refractivity contribution in [3.05, 3.63) is 101 Å². The Bertz CT molecular complexity index is 1120. The van der Waals surface area contributed by atoms with Crippen molar-refractivity contribution in [2.75, 3.05) is 17.3 Å². The molecule has 0 fully saturated rings. The average molecular weight is 411 g/mol. The van der Waals surface area contributed by atoms with Gasteiger partial charge in [-0.2, -0.15) is 0 Å². The lowest BCUT2D eigenvalue weighted by molar-refractivity contribution is -0.116. The number of allylic oxidation sites excluding steroid dienone is 1. The highest BCUT2D eigenvalue weighted by Gasteiger charge is 2.36. The maximum Gasteiger partial charge on any atom is 0.163 e. The molecule has 0 saturated carbocycles. The van der Waals surface area contributed by atoms with Crippen molar-refractivity contribution >= 4 is 17.2 Å². The number of ketones is 1. The molecule has 0 radical (unpaired) electrons. The summed E-state index contributed by atoms with van der Waals surface area (Å²) < 4.78 is 5.33. The molecule has 4 nitrogen and oxygen atoms in total. The molecule has 1 N–H and O–H groups in total. The lowest BCUT2D eigenvalue weighted by Crippen LogP contribution is -2.32. The molecule has 1 aliphatic heterocycles. The molecule has 1 atom stereocenters. The topological polar surface area (TPSA) is 41.6 Å². The van der Waals surface area contributed by atoms with Crippen LogP contribution >= 0.6 is 0 Å². The Hall–Kier alpha value is -3.53. The Labute approximate surface area is 183 Å². The molecule has 0 spiro atoms. The standard InChI is InChI=1S/C27H26N2O2/c1-31-21-16-14-19(15-17-21)18-29-24-12-6-5-10-22(24)28-23-11-7-13-25(30)26(23)27(29)20-8-3-2-4-9-20/h2-6,8-10,12,14-17,27-28H,7,11,13,18H2,1H3. The van der Waals surface area contributed by atoms with Gasteiger partial charge in [-0.3, -0.25) is 4.79 Å². The van der Waals surface area contributed by atoms with Crippen LogP contribution in [-0.4, -0.2) is 12.9 Å². The monoisotopic (exact) mass is 410 g/mol. The number of nitrogens with zero attached hydrogens (tertiary/aromatic N) is 1. The summed E-state index contributed by atoms with van der Waals surface area (Å²) in [5.74, 6) is 1.09. The van der Waals surface area contributed by atoms with Crippen molar-refractivity contribution in [1.82, 2.24) is 0 Å². The number of Topliss-reactive ketones (excluding diaryl/α,β-unsaturated/α-hetero) is 1. The molecule has 1 unspecified atom stereocenters. The number of carbonyl (C=O) groups excluding carboxylic acids is 1. The molecular weight excluding hydrogens is 384 g/mol. The summed E-state index contributed by atoms with van der Waals surface area (Å²) in [5, 5.41) is 3.62. The molecule has 0 amide bonds. The Kier molecular flexibility index (Phi) is 5.21. The molecule has 0 aromatic heterocycles. The molecule has 3 aromatic rings. The summed E-state index contributed by atoms with van der Waals surface area (Å²) in [5.41, 5.74) is 6.43. The number of carbonyl (C=O) groups is 1. The minimum atomic E-state index is -0.137. The van der Waals surface area contributed by atoms with E-state index in [9.17, 15) is 4.79 Å². The minimum Gasteiger partial charge on any atom is -0.497 e. The van der Waals surface area contributed by atoms with E-state index in [1.807, 2.05) is 24.3 Å². The van der Waals surface area contributed by atoms with Gasteiger partial charge in [-0.05, 0) is 48.2 Å². The van der Waals surface area contributed by atoms with E-state index in [4.69, 9.17) is 4.74 Å². The van der Waals surface area contributed by atoms with Crippen LogP contribution in [0.5, 0.6) is 5.75 Å². The Balaban J connectivity index is 1.68. The number of benzene rings is 3. The first-order chi connectivity index (χ1) is 15.2. The van der Waals surface area contributed by atoms with Gasteiger partial charge in [0.1, 0.15) is 5.75 Å². The van der Waals surface area contributed by atoms with Gasteiger partial charge in [-0.1, -0.05) is 54.6 Å². The van der Waals surface area contributed by atoms with Crippen molar-refractivity contribution in [2.45, 2.75) is 31.8 Å². The number of ether oxygens (including phenoxy) is 1. The van der Waals surface area contributed by atoms with Crippen LogP contribution < -0.4 is 15.0 Å². The molecule has 156 valence electrons. The van der Waals surface area contributed by atoms with Crippen LogP contribution in [0.25, 0.3) is 0 Å². The van der Waals surface area contributed by atoms with Gasteiger partial charge in [0.05, 0.1) is 24.5 Å². The number of hydrogen-bond acceptors (Lipinski definition) is 4. The van der Waals surface area contributed by atoms with Crippen molar-refractivity contribution in [1.29, 1.82) is 0 Å². The average Bonchev–Trinajstić information content (AvgIpc) is 2.95. The van der Waals surface area contributed by atoms with Gasteiger partial charge in [0.15, 0.2) is 5.78 Å². The van der Waals surface area contributed by atoms with E-state index in [0.29, 0.717) is 13.0 Å². The van der Waals surface area contributed by atoms with Gasteiger partial charge < -0.3 is 15.0 Å². The van der Waals surface area contributed by atoms with Crippen molar-refractivity contribution in [3.8, 4) is 5.75 Å². The summed E-state index contributed by atoms with van der Waals surface area (Å²) in [6.45, 7) is 0.687. The Morgan fingerprint density at radius 3 is 2.45 bits per heavy atom. The van der Waals surface area contributed by atoms with Gasteiger partial charge in [0, 0.05) is 24.2 Å². The van der Waals surface area contributed by atoms with Crippen molar-refractivity contribution < 1.29 is 9.53 Å². The summed E-state index contributed by atoms with van der Waals surface area (Å²) in [4.78, 5) is 15.6. The van der Waals surface area contributed by atoms with Crippen LogP contribution in [0, 0.1) is 0 Å². The molecule has 4 heteroatoms. The fraction of sp³-hybridized carbons (Fsp3) is 0.222. The Morgan fingerprint density at radius 1 is 0.935 bits per heavy atom. The largest absolute Gasteiger partial charge is 0.497 e. The highest BCUT2D eigenvalue weighted by molar-refractivity contribution is 6.00. The smallest absolute Gasteiger partial charge is 0.163 e. The van der Waals surface area contributed by atoms with Crippen LogP contribution in [0.2, 0.25) is 0 Å². The summed E-state index contributed by atoms with van der Waals surface area (Å²) >= 11 is 0. The van der Waals surface area contributed by atoms with Crippen molar-refractivity contribution in [3.63, 3.8) is 0 Å².